The van der Waals surface area contributed by atoms with Gasteiger partial charge in [-0.1, -0.05) is 75.3 Å². The summed E-state index contributed by atoms with van der Waals surface area (Å²) in [6, 6.07) is 29.1. The number of benzene rings is 3. The number of aromatic nitrogens is 3. The van der Waals surface area contributed by atoms with E-state index in [-0.39, 0.29) is 73.7 Å². The van der Waals surface area contributed by atoms with E-state index in [0.717, 1.165) is 79.5 Å². The number of anilines is 3. The van der Waals surface area contributed by atoms with E-state index < -0.39 is 102 Å². The Balaban J connectivity index is 0.000000200. The number of pyridine rings is 3. The fourth-order valence-electron chi connectivity index (χ4n) is 9.90. The Bertz CT molecular complexity index is 4120. The summed E-state index contributed by atoms with van der Waals surface area (Å²) in [6.45, 7) is 0. The summed E-state index contributed by atoms with van der Waals surface area (Å²) >= 11 is 21.5. The van der Waals surface area contributed by atoms with Crippen LogP contribution in [0.25, 0.3) is 33.8 Å². The smallest absolute Gasteiger partial charge is 0.280 e. The predicted octanol–water partition coefficient (Wildman–Crippen LogP) is 13.4. The van der Waals surface area contributed by atoms with Crippen molar-refractivity contribution in [2.75, 3.05) is 37.1 Å². The summed E-state index contributed by atoms with van der Waals surface area (Å²) in [5, 5.41) is 13.2. The highest BCUT2D eigenvalue weighted by atomic mass is 35.5. The van der Waals surface area contributed by atoms with Crippen LogP contribution in [0.3, 0.4) is 0 Å². The molecular weight excluding hydrogens is 1420 g/mol. The Morgan fingerprint density at radius 3 is 0.927 bits per heavy atom. The molecule has 3 aliphatic rings. The molecule has 9 heterocycles. The number of rotatable bonds is 12. The van der Waals surface area contributed by atoms with Crippen molar-refractivity contribution in [1.29, 1.82) is 0 Å². The van der Waals surface area contributed by atoms with E-state index in [4.69, 9.17) is 34.8 Å². The summed E-state index contributed by atoms with van der Waals surface area (Å²) in [5.74, 6) is -3.40. The van der Waals surface area contributed by atoms with Crippen molar-refractivity contribution in [1.82, 2.24) is 42.0 Å². The van der Waals surface area contributed by atoms with Crippen LogP contribution in [-0.2, 0) is 45.0 Å². The lowest BCUT2D eigenvalue weighted by Gasteiger charge is -2.35. The first-order valence-electron chi connectivity index (χ1n) is 27.8. The molecule has 510 valence electrons. The third-order valence-corrected chi connectivity index (χ3v) is 23.7. The van der Waals surface area contributed by atoms with Crippen LogP contribution in [0.1, 0.15) is 74.3 Å². The van der Waals surface area contributed by atoms with Crippen LogP contribution < -0.4 is 30.1 Å². The Kier molecular flexibility index (Phi) is 25.8. The van der Waals surface area contributed by atoms with Gasteiger partial charge in [-0.2, -0.15) is 52.3 Å². The third kappa shape index (κ3) is 18.2. The van der Waals surface area contributed by atoms with Gasteiger partial charge in [-0.05, 0) is 128 Å². The molecule has 21 nitrogen and oxygen atoms in total. The zero-order valence-corrected chi connectivity index (χ0v) is 55.9. The highest BCUT2D eigenvalue weighted by Crippen LogP contribution is 2.39. The molecule has 3 aromatic carbocycles. The van der Waals surface area contributed by atoms with Gasteiger partial charge in [0.1, 0.15) is 35.6 Å². The zero-order valence-electron chi connectivity index (χ0n) is 48.7. The predicted molar refractivity (Wildman–Crippen MR) is 376 cm³/mol. The van der Waals surface area contributed by atoms with Gasteiger partial charge >= 0.3 is 0 Å². The fourth-order valence-corrected chi connectivity index (χ4v) is 17.4. The average molecular weight is 1490 g/mol. The van der Waals surface area contributed by atoms with Crippen molar-refractivity contribution in [2.45, 2.75) is 77.8 Å². The second-order valence-electron chi connectivity index (χ2n) is 21.0. The van der Waals surface area contributed by atoms with Crippen LogP contribution in [0.15, 0.2) is 162 Å². The van der Waals surface area contributed by atoms with E-state index in [0.29, 0.717) is 0 Å². The third-order valence-electron chi connectivity index (χ3n) is 14.9. The molecule has 0 spiro atoms. The monoisotopic (exact) mass is 1490 g/mol. The maximum atomic E-state index is 13.4. The molecule has 9 aromatic rings. The molecule has 3 amide bonds. The molecule has 0 saturated carbocycles. The van der Waals surface area contributed by atoms with Gasteiger partial charge in [-0.25, -0.2) is 13.2 Å². The molecule has 0 radical (unpaired) electrons. The van der Waals surface area contributed by atoms with Crippen LogP contribution >= 0.6 is 68.8 Å². The fraction of sp³-hybridized carbons (Fsp3) is 0.238. The molecule has 12 rings (SSSR count). The number of halogens is 6. The normalized spacial score (nSPS) is 20.3. The van der Waals surface area contributed by atoms with Crippen LogP contribution in [0.4, 0.5) is 30.2 Å². The zero-order chi connectivity index (χ0) is 66.5. The van der Waals surface area contributed by atoms with Crippen molar-refractivity contribution in [3.63, 3.8) is 0 Å². The Hall–Kier alpha value is -7.11. The lowest BCUT2D eigenvalue weighted by molar-refractivity contribution is -0.120. The molecule has 6 aromatic heterocycles. The SMILES string of the molecule is C.C.C.CN1C(C(=O)Nc2ccc(F)c(Cl)c2)CC(c2cc(-c3ccccn3)cs2)NS1(=O)=O.CN1[C@@H](C(=O)Nc2ccc(F)c(Cl)c2)C[C@@H](c2cc(-c3ccccn3)cs2)NS1(=O)=O.CN1[C@H](C(=O)Nc2ccc(F)c(Cl)c2)C[C@H](c2cc(-c3ccccn3)cs2)NS1(=O)=O. The van der Waals surface area contributed by atoms with Gasteiger partial charge in [0.2, 0.25) is 17.7 Å². The van der Waals surface area contributed by atoms with Gasteiger partial charge in [0.05, 0.1) is 50.3 Å². The van der Waals surface area contributed by atoms with E-state index in [1.165, 1.54) is 91.6 Å². The number of nitrogens with one attached hydrogen (secondary N) is 6. The molecule has 33 heteroatoms. The van der Waals surface area contributed by atoms with Gasteiger partial charge in [-0.15, -0.1) is 34.0 Å². The molecule has 0 bridgehead atoms. The number of carbonyl (C=O) groups excluding carboxylic acids is 3. The number of amides is 3. The first-order chi connectivity index (χ1) is 44.2. The summed E-state index contributed by atoms with van der Waals surface area (Å²) in [6.07, 6.45) is 5.73. The summed E-state index contributed by atoms with van der Waals surface area (Å²) < 4.78 is 127. The highest BCUT2D eigenvalue weighted by molar-refractivity contribution is 7.87. The van der Waals surface area contributed by atoms with E-state index in [1.807, 2.05) is 88.9 Å². The van der Waals surface area contributed by atoms with Crippen molar-refractivity contribution < 1.29 is 52.8 Å². The molecular formula is C63H66Cl3F3N12O9S6. The van der Waals surface area contributed by atoms with Gasteiger partial charge in [-0.3, -0.25) is 29.3 Å². The van der Waals surface area contributed by atoms with Gasteiger partial charge < -0.3 is 16.0 Å². The first kappa shape index (κ1) is 76.3. The summed E-state index contributed by atoms with van der Waals surface area (Å²) in [4.78, 5) is 53.9. The molecule has 3 aliphatic heterocycles. The van der Waals surface area contributed by atoms with Gasteiger partial charge in [0.25, 0.3) is 30.6 Å². The number of hydrogen-bond acceptors (Lipinski definition) is 15. The largest absolute Gasteiger partial charge is 0.325 e. The van der Waals surface area contributed by atoms with Crippen LogP contribution in [0.2, 0.25) is 15.1 Å². The number of likely N-dealkylation sites (N-methyl/N-ethyl adjacent to an activating group) is 3. The van der Waals surface area contributed by atoms with Crippen molar-refractivity contribution in [2.24, 2.45) is 0 Å². The molecule has 6 atom stereocenters. The maximum Gasteiger partial charge on any atom is 0.280 e. The first-order valence-corrected chi connectivity index (χ1v) is 35.9. The number of nitrogens with zero attached hydrogens (tertiary/aromatic N) is 6. The lowest BCUT2D eigenvalue weighted by atomic mass is 10.0. The second-order valence-corrected chi connectivity index (χ2v) is 30.4. The Morgan fingerprint density at radius 2 is 0.698 bits per heavy atom. The molecule has 96 heavy (non-hydrogen) atoms. The minimum absolute atomic E-state index is 0. The molecule has 3 saturated heterocycles. The van der Waals surface area contributed by atoms with Crippen molar-refractivity contribution in [3.05, 3.63) is 209 Å². The summed E-state index contributed by atoms with van der Waals surface area (Å²) in [5.41, 5.74) is 5.82. The van der Waals surface area contributed by atoms with E-state index in [2.05, 4.69) is 45.1 Å². The molecule has 3 fully saturated rings. The Morgan fingerprint density at radius 1 is 0.438 bits per heavy atom. The lowest BCUT2D eigenvalue weighted by Crippen LogP contribution is -2.55. The summed E-state index contributed by atoms with van der Waals surface area (Å²) in [7, 11) is -7.64. The quantitative estimate of drug-likeness (QED) is 0.0666. The van der Waals surface area contributed by atoms with Crippen molar-refractivity contribution in [3.8, 4) is 33.8 Å². The van der Waals surface area contributed by atoms with Crippen LogP contribution in [-0.4, -0.2) is 110 Å². The minimum atomic E-state index is -3.89. The maximum absolute atomic E-state index is 13.4. The number of carbonyl (C=O) groups is 3. The van der Waals surface area contributed by atoms with Gasteiger partial charge in [0.15, 0.2) is 0 Å². The molecule has 0 aliphatic carbocycles. The number of hydrogen-bond donors (Lipinski definition) is 6. The standard InChI is InChI=1S/3C20H18ClFN4O3S2.3CH4/c3*1-26-18(20(27)24-13-5-6-15(22)14(21)9-13)10-17(25-31(26,28)29)19-8-12(11-30-19)16-4-2-3-7-23-16;;;/h3*2-9,11,17-18,25H,10H2,1H3,(H,24,27);3*1H4/t2*17-,18+;;;;/m10..../s1. The average Bonchev–Trinajstić information content (AvgIpc) is 1.31. The number of thiophene rings is 3. The minimum Gasteiger partial charge on any atom is -0.325 e. The van der Waals surface area contributed by atoms with Crippen LogP contribution in [0, 0.1) is 17.5 Å². The molecule has 6 N–H and O–H groups in total. The van der Waals surface area contributed by atoms with Crippen LogP contribution in [0.5, 0.6) is 0 Å². The van der Waals surface area contributed by atoms with Crippen molar-refractivity contribution >= 4 is 134 Å². The van der Waals surface area contributed by atoms with Gasteiger partial charge in [0, 0.05) is 104 Å². The highest BCUT2D eigenvalue weighted by Gasteiger charge is 2.44. The Labute approximate surface area is 582 Å². The van der Waals surface area contributed by atoms with E-state index in [9.17, 15) is 52.8 Å². The van der Waals surface area contributed by atoms with E-state index >= 15 is 0 Å². The topological polar surface area (TPSA) is 274 Å². The van der Waals surface area contributed by atoms with E-state index in [1.54, 1.807) is 18.6 Å². The second kappa shape index (κ2) is 32.5. The molecule has 2 unspecified atom stereocenters.